The summed E-state index contributed by atoms with van der Waals surface area (Å²) in [7, 11) is 0. The molecule has 5 heteroatoms. The van der Waals surface area contributed by atoms with Gasteiger partial charge in [-0.2, -0.15) is 0 Å². The monoisotopic (exact) mass is 275 g/mol. The molecule has 1 aliphatic rings. The number of amides is 2. The van der Waals surface area contributed by atoms with Crippen LogP contribution in [0.2, 0.25) is 0 Å². The van der Waals surface area contributed by atoms with E-state index in [0.29, 0.717) is 19.4 Å². The Bertz CT molecular complexity index is 503. The largest absolute Gasteiger partial charge is 0.342 e. The van der Waals surface area contributed by atoms with Gasteiger partial charge in [0.1, 0.15) is 5.54 Å². The van der Waals surface area contributed by atoms with Crippen molar-refractivity contribution in [2.75, 3.05) is 0 Å². The molecule has 1 N–H and O–H groups in total. The van der Waals surface area contributed by atoms with Crippen LogP contribution in [0.4, 0.5) is 0 Å². The molecule has 0 bridgehead atoms. The minimum atomic E-state index is -0.815. The third kappa shape index (κ3) is 2.81. The van der Waals surface area contributed by atoms with Gasteiger partial charge in [0.2, 0.25) is 11.8 Å². The first-order valence-corrected chi connectivity index (χ1v) is 6.97. The number of rotatable bonds is 3. The van der Waals surface area contributed by atoms with E-state index in [-0.39, 0.29) is 17.9 Å². The zero-order chi connectivity index (χ0) is 14.8. The summed E-state index contributed by atoms with van der Waals surface area (Å²) in [5.41, 5.74) is 0.157. The van der Waals surface area contributed by atoms with Gasteiger partial charge >= 0.3 is 0 Å². The molecule has 0 spiro atoms. The van der Waals surface area contributed by atoms with Gasteiger partial charge in [-0.05, 0) is 31.9 Å². The Hall–Kier alpha value is -1.91. The first kappa shape index (κ1) is 14.5. The lowest BCUT2D eigenvalue weighted by Crippen LogP contribution is -2.55. The number of carbonyl (C=O) groups excluding carboxylic acids is 2. The summed E-state index contributed by atoms with van der Waals surface area (Å²) in [6.07, 6.45) is 4.37. The molecule has 0 radical (unpaired) electrons. The second-order valence-corrected chi connectivity index (χ2v) is 5.58. The van der Waals surface area contributed by atoms with E-state index in [1.54, 1.807) is 24.2 Å². The maximum absolute atomic E-state index is 12.7. The van der Waals surface area contributed by atoms with Crippen molar-refractivity contribution < 1.29 is 9.59 Å². The van der Waals surface area contributed by atoms with Crippen LogP contribution < -0.4 is 5.32 Å². The van der Waals surface area contributed by atoms with Gasteiger partial charge in [-0.3, -0.25) is 14.6 Å². The normalized spacial score (nSPS) is 27.1. The van der Waals surface area contributed by atoms with Crippen LogP contribution in [0.1, 0.15) is 39.2 Å². The summed E-state index contributed by atoms with van der Waals surface area (Å²) in [5.74, 6) is -0.0916. The molecular formula is C15H21N3O2. The highest BCUT2D eigenvalue weighted by molar-refractivity contribution is 5.93. The molecule has 2 heterocycles. The molecule has 0 aromatic carbocycles. The van der Waals surface area contributed by atoms with Crippen LogP contribution in [-0.4, -0.2) is 33.3 Å². The predicted octanol–water partition coefficient (Wildman–Crippen LogP) is 1.49. The molecular weight excluding hydrogens is 254 g/mol. The van der Waals surface area contributed by atoms with Crippen molar-refractivity contribution >= 4 is 11.8 Å². The fourth-order valence-electron chi connectivity index (χ4n) is 2.46. The quantitative estimate of drug-likeness (QED) is 0.909. The van der Waals surface area contributed by atoms with E-state index < -0.39 is 5.54 Å². The lowest BCUT2D eigenvalue weighted by molar-refractivity contribution is -0.140. The standard InChI is InChI=1S/C15H21N3O2/c1-4-15(3)14(20)18(11(2)8-13(19)17-15)10-12-6-5-7-16-9-12/h5-7,9,11H,4,8,10H2,1-3H3,(H,17,19). The van der Waals surface area contributed by atoms with Crippen molar-refractivity contribution in [1.29, 1.82) is 0 Å². The predicted molar refractivity (Wildman–Crippen MR) is 75.7 cm³/mol. The topological polar surface area (TPSA) is 62.3 Å². The highest BCUT2D eigenvalue weighted by atomic mass is 16.2. The van der Waals surface area contributed by atoms with Crippen molar-refractivity contribution in [3.8, 4) is 0 Å². The number of carbonyl (C=O) groups is 2. The van der Waals surface area contributed by atoms with Crippen molar-refractivity contribution in [3.05, 3.63) is 30.1 Å². The average molecular weight is 275 g/mol. The van der Waals surface area contributed by atoms with Gasteiger partial charge in [-0.25, -0.2) is 0 Å². The van der Waals surface area contributed by atoms with Crippen LogP contribution in [0.5, 0.6) is 0 Å². The Labute approximate surface area is 119 Å². The van der Waals surface area contributed by atoms with Crippen LogP contribution in [-0.2, 0) is 16.1 Å². The van der Waals surface area contributed by atoms with Gasteiger partial charge in [-0.15, -0.1) is 0 Å². The van der Waals surface area contributed by atoms with Gasteiger partial charge in [0.15, 0.2) is 0 Å². The zero-order valence-corrected chi connectivity index (χ0v) is 12.2. The average Bonchev–Trinajstić information content (AvgIpc) is 2.51. The van der Waals surface area contributed by atoms with Crippen LogP contribution in [0.25, 0.3) is 0 Å². The van der Waals surface area contributed by atoms with E-state index in [0.717, 1.165) is 5.56 Å². The lowest BCUT2D eigenvalue weighted by atomic mass is 9.97. The van der Waals surface area contributed by atoms with Gasteiger partial charge in [0.25, 0.3) is 0 Å². The summed E-state index contributed by atoms with van der Waals surface area (Å²) in [6, 6.07) is 3.68. The number of hydrogen-bond donors (Lipinski definition) is 1. The minimum absolute atomic E-state index is 0.0257. The molecule has 1 aliphatic heterocycles. The van der Waals surface area contributed by atoms with Crippen LogP contribution >= 0.6 is 0 Å². The fraction of sp³-hybridized carbons (Fsp3) is 0.533. The minimum Gasteiger partial charge on any atom is -0.342 e. The molecule has 20 heavy (non-hydrogen) atoms. The third-order valence-electron chi connectivity index (χ3n) is 3.94. The van der Waals surface area contributed by atoms with Gasteiger partial charge in [0, 0.05) is 31.4 Å². The number of pyridine rings is 1. The molecule has 1 fully saturated rings. The van der Waals surface area contributed by atoms with E-state index in [2.05, 4.69) is 10.3 Å². The lowest BCUT2D eigenvalue weighted by Gasteiger charge is -2.33. The van der Waals surface area contributed by atoms with Crippen molar-refractivity contribution in [3.63, 3.8) is 0 Å². The Morgan fingerprint density at radius 2 is 2.25 bits per heavy atom. The number of aromatic nitrogens is 1. The second-order valence-electron chi connectivity index (χ2n) is 5.58. The summed E-state index contributed by atoms with van der Waals surface area (Å²) >= 11 is 0. The Morgan fingerprint density at radius 1 is 1.50 bits per heavy atom. The van der Waals surface area contributed by atoms with E-state index in [1.807, 2.05) is 26.0 Å². The zero-order valence-electron chi connectivity index (χ0n) is 12.2. The summed E-state index contributed by atoms with van der Waals surface area (Å²) in [6.45, 7) is 6.10. The van der Waals surface area contributed by atoms with E-state index in [9.17, 15) is 9.59 Å². The molecule has 2 atom stereocenters. The fourth-order valence-corrected chi connectivity index (χ4v) is 2.46. The number of nitrogens with one attached hydrogen (secondary N) is 1. The van der Waals surface area contributed by atoms with Gasteiger partial charge < -0.3 is 10.2 Å². The summed E-state index contributed by atoms with van der Waals surface area (Å²) in [4.78, 5) is 30.5. The van der Waals surface area contributed by atoms with E-state index in [4.69, 9.17) is 0 Å². The molecule has 2 unspecified atom stereocenters. The summed E-state index contributed by atoms with van der Waals surface area (Å²) < 4.78 is 0. The number of hydrogen-bond acceptors (Lipinski definition) is 3. The molecule has 2 rings (SSSR count). The molecule has 0 saturated carbocycles. The second kappa shape index (κ2) is 5.61. The van der Waals surface area contributed by atoms with Crippen molar-refractivity contribution in [1.82, 2.24) is 15.2 Å². The van der Waals surface area contributed by atoms with Crippen molar-refractivity contribution in [2.24, 2.45) is 0 Å². The number of nitrogens with zero attached hydrogens (tertiary/aromatic N) is 2. The van der Waals surface area contributed by atoms with Crippen LogP contribution in [0, 0.1) is 0 Å². The Kier molecular flexibility index (Phi) is 4.06. The highest BCUT2D eigenvalue weighted by Gasteiger charge is 2.41. The molecule has 5 nitrogen and oxygen atoms in total. The summed E-state index contributed by atoms with van der Waals surface area (Å²) in [5, 5.41) is 2.86. The molecule has 2 amide bonds. The third-order valence-corrected chi connectivity index (χ3v) is 3.94. The molecule has 1 aromatic rings. The van der Waals surface area contributed by atoms with Crippen LogP contribution in [0.15, 0.2) is 24.5 Å². The molecule has 1 aromatic heterocycles. The molecule has 108 valence electrons. The maximum Gasteiger partial charge on any atom is 0.248 e. The molecule has 1 saturated heterocycles. The first-order chi connectivity index (χ1) is 9.46. The van der Waals surface area contributed by atoms with E-state index >= 15 is 0 Å². The Morgan fingerprint density at radius 3 is 2.85 bits per heavy atom. The highest BCUT2D eigenvalue weighted by Crippen LogP contribution is 2.22. The smallest absolute Gasteiger partial charge is 0.248 e. The van der Waals surface area contributed by atoms with Gasteiger partial charge in [-0.1, -0.05) is 13.0 Å². The van der Waals surface area contributed by atoms with E-state index in [1.165, 1.54) is 0 Å². The Balaban J connectivity index is 2.28. The maximum atomic E-state index is 12.7. The van der Waals surface area contributed by atoms with Gasteiger partial charge in [0.05, 0.1) is 0 Å². The molecule has 0 aliphatic carbocycles. The van der Waals surface area contributed by atoms with Crippen molar-refractivity contribution in [2.45, 2.75) is 51.7 Å². The SMILES string of the molecule is CCC1(C)NC(=O)CC(C)N(Cc2cccnc2)C1=O. The van der Waals surface area contributed by atoms with Crippen LogP contribution in [0.3, 0.4) is 0 Å². The first-order valence-electron chi connectivity index (χ1n) is 6.97.